The molecule has 0 amide bonds. The summed E-state index contributed by atoms with van der Waals surface area (Å²) >= 11 is 0. The number of H-pyrrole nitrogens is 1. The van der Waals surface area contributed by atoms with E-state index in [0.717, 1.165) is 33.6 Å². The number of aliphatic imine (C=N–C) groups is 1. The van der Waals surface area contributed by atoms with Gasteiger partial charge in [0.15, 0.2) is 0 Å². The minimum atomic E-state index is -2.55. The molecule has 0 aromatic carbocycles. The van der Waals surface area contributed by atoms with Gasteiger partial charge in [0, 0.05) is 62.2 Å². The highest BCUT2D eigenvalue weighted by Gasteiger charge is 2.35. The Morgan fingerprint density at radius 1 is 1.34 bits per heavy atom. The van der Waals surface area contributed by atoms with Crippen LogP contribution in [0.2, 0.25) is 0 Å². The number of nitrogens with zero attached hydrogens (tertiary/aromatic N) is 4. The third kappa shape index (κ3) is 4.64. The topological polar surface area (TPSA) is 68.0 Å². The second kappa shape index (κ2) is 8.68. The van der Waals surface area contributed by atoms with Crippen LogP contribution in [0, 0.1) is 5.92 Å². The number of pyridine rings is 1. The molecule has 1 aliphatic carbocycles. The molecule has 3 heterocycles. The second-order valence-electron chi connectivity index (χ2n) is 8.56. The summed E-state index contributed by atoms with van der Waals surface area (Å²) < 4.78 is 31.1. The smallest absolute Gasteiger partial charge is 0.248 e. The van der Waals surface area contributed by atoms with Crippen LogP contribution < -0.4 is 5.56 Å². The zero-order valence-electron chi connectivity index (χ0n) is 18.3. The fourth-order valence-corrected chi connectivity index (χ4v) is 4.31. The molecular formula is C24H27F2N5O. The van der Waals surface area contributed by atoms with E-state index in [2.05, 4.69) is 26.4 Å². The van der Waals surface area contributed by atoms with Gasteiger partial charge in [-0.15, -0.1) is 0 Å². The average molecular weight is 440 g/mol. The molecule has 0 spiro atoms. The van der Waals surface area contributed by atoms with Crippen LogP contribution >= 0.6 is 0 Å². The maximum atomic E-state index is 13.7. The molecule has 0 radical (unpaired) electrons. The molecule has 0 atom stereocenters. The van der Waals surface area contributed by atoms with Crippen molar-refractivity contribution in [2.24, 2.45) is 18.0 Å². The van der Waals surface area contributed by atoms with E-state index in [0.29, 0.717) is 19.4 Å². The standard InChI is InChI=1S/C24H27F2N5O/c1-16(18-4-5-22(32)28-11-18)10-21-23(27-2)20(19-12-29-30(3)14-19)15-31(21)13-17-6-8-24(25,26)9-7-17/h4-5,10-12,14-15,17H,2,6-9,13H2,1,3H3,(H,28,32)/b16-10+. The van der Waals surface area contributed by atoms with Crippen molar-refractivity contribution in [2.75, 3.05) is 0 Å². The molecule has 1 saturated carbocycles. The number of aryl methyl sites for hydroxylation is 1. The van der Waals surface area contributed by atoms with Crippen molar-refractivity contribution < 1.29 is 8.78 Å². The molecule has 0 saturated heterocycles. The molecular weight excluding hydrogens is 412 g/mol. The van der Waals surface area contributed by atoms with E-state index in [1.165, 1.54) is 6.07 Å². The SMILES string of the molecule is C=Nc1c(-c2cnn(C)c2)cn(CC2CCC(F)(F)CC2)c1/C=C(\C)c1ccc(=O)[nH]c1. The van der Waals surface area contributed by atoms with Crippen molar-refractivity contribution in [1.82, 2.24) is 19.3 Å². The highest BCUT2D eigenvalue weighted by molar-refractivity contribution is 5.89. The van der Waals surface area contributed by atoms with E-state index in [9.17, 15) is 13.6 Å². The number of alkyl halides is 2. The van der Waals surface area contributed by atoms with Crippen molar-refractivity contribution >= 4 is 24.1 Å². The summed E-state index contributed by atoms with van der Waals surface area (Å²) in [6.07, 6.45) is 10.2. The Hall–Kier alpha value is -3.29. The molecule has 3 aromatic rings. The van der Waals surface area contributed by atoms with Crippen molar-refractivity contribution in [2.45, 2.75) is 45.1 Å². The summed E-state index contributed by atoms with van der Waals surface area (Å²) in [5.41, 5.74) is 5.06. The number of aromatic nitrogens is 4. The molecule has 8 heteroatoms. The molecule has 1 fully saturated rings. The number of hydrogen-bond acceptors (Lipinski definition) is 3. The van der Waals surface area contributed by atoms with E-state index in [4.69, 9.17) is 0 Å². The number of aromatic amines is 1. The van der Waals surface area contributed by atoms with Gasteiger partial charge in [-0.25, -0.2) is 8.78 Å². The highest BCUT2D eigenvalue weighted by atomic mass is 19.3. The summed E-state index contributed by atoms with van der Waals surface area (Å²) in [5.74, 6) is -2.38. The lowest BCUT2D eigenvalue weighted by molar-refractivity contribution is -0.0473. The van der Waals surface area contributed by atoms with Crippen molar-refractivity contribution in [1.29, 1.82) is 0 Å². The van der Waals surface area contributed by atoms with Gasteiger partial charge in [-0.1, -0.05) is 0 Å². The lowest BCUT2D eigenvalue weighted by Crippen LogP contribution is -2.26. The Kier molecular flexibility index (Phi) is 5.95. The fraction of sp³-hybridized carbons (Fsp3) is 0.375. The molecule has 32 heavy (non-hydrogen) atoms. The second-order valence-corrected chi connectivity index (χ2v) is 8.56. The quantitative estimate of drug-likeness (QED) is 0.530. The van der Waals surface area contributed by atoms with Gasteiger partial charge < -0.3 is 9.55 Å². The van der Waals surface area contributed by atoms with Gasteiger partial charge in [0.1, 0.15) is 0 Å². The summed E-state index contributed by atoms with van der Waals surface area (Å²) in [5, 5.41) is 4.27. The van der Waals surface area contributed by atoms with Gasteiger partial charge in [0.2, 0.25) is 11.5 Å². The normalized spacial score (nSPS) is 16.9. The Bertz CT molecular complexity index is 1190. The average Bonchev–Trinajstić information content (AvgIpc) is 3.33. The van der Waals surface area contributed by atoms with Crippen LogP contribution in [0.1, 0.15) is 43.9 Å². The first-order valence-electron chi connectivity index (χ1n) is 10.7. The number of halogens is 2. The minimum Gasteiger partial charge on any atom is -0.345 e. The third-order valence-electron chi connectivity index (χ3n) is 6.15. The maximum absolute atomic E-state index is 13.7. The van der Waals surface area contributed by atoms with Gasteiger partial charge in [-0.3, -0.25) is 14.5 Å². The largest absolute Gasteiger partial charge is 0.345 e. The van der Waals surface area contributed by atoms with Crippen molar-refractivity contribution in [3.05, 3.63) is 58.5 Å². The monoisotopic (exact) mass is 439 g/mol. The van der Waals surface area contributed by atoms with Gasteiger partial charge >= 0.3 is 0 Å². The molecule has 168 valence electrons. The van der Waals surface area contributed by atoms with E-state index < -0.39 is 5.92 Å². The van der Waals surface area contributed by atoms with Gasteiger partial charge in [0.05, 0.1) is 17.6 Å². The van der Waals surface area contributed by atoms with Crippen LogP contribution in [0.25, 0.3) is 22.8 Å². The number of hydrogen-bond donors (Lipinski definition) is 1. The zero-order chi connectivity index (χ0) is 22.9. The number of allylic oxidation sites excluding steroid dienone is 1. The molecule has 1 N–H and O–H groups in total. The Morgan fingerprint density at radius 3 is 2.69 bits per heavy atom. The van der Waals surface area contributed by atoms with Gasteiger partial charge in [-0.05, 0) is 55.7 Å². The van der Waals surface area contributed by atoms with Crippen LogP contribution in [0.5, 0.6) is 0 Å². The van der Waals surface area contributed by atoms with Gasteiger partial charge in [0.25, 0.3) is 0 Å². The summed E-state index contributed by atoms with van der Waals surface area (Å²) in [6, 6.07) is 3.26. The minimum absolute atomic E-state index is 0.0669. The van der Waals surface area contributed by atoms with E-state index in [-0.39, 0.29) is 24.3 Å². The molecule has 3 aromatic heterocycles. The van der Waals surface area contributed by atoms with E-state index >= 15 is 0 Å². The first kappa shape index (κ1) is 21.9. The molecule has 0 aliphatic heterocycles. The number of rotatable bonds is 6. The molecule has 6 nitrogen and oxygen atoms in total. The molecule has 0 bridgehead atoms. The van der Waals surface area contributed by atoms with Crippen molar-refractivity contribution in [3.8, 4) is 11.1 Å². The lowest BCUT2D eigenvalue weighted by Gasteiger charge is -2.28. The lowest BCUT2D eigenvalue weighted by atomic mass is 9.86. The van der Waals surface area contributed by atoms with Crippen LogP contribution in [0.3, 0.4) is 0 Å². The fourth-order valence-electron chi connectivity index (χ4n) is 4.31. The highest BCUT2D eigenvalue weighted by Crippen LogP contribution is 2.40. The summed E-state index contributed by atoms with van der Waals surface area (Å²) in [4.78, 5) is 18.4. The molecule has 1 aliphatic rings. The number of nitrogens with one attached hydrogen (secondary N) is 1. The van der Waals surface area contributed by atoms with Crippen LogP contribution in [0.15, 0.2) is 46.7 Å². The predicted octanol–water partition coefficient (Wildman–Crippen LogP) is 5.30. The van der Waals surface area contributed by atoms with E-state index in [1.807, 2.05) is 32.4 Å². The first-order chi connectivity index (χ1) is 15.3. The predicted molar refractivity (Wildman–Crippen MR) is 123 cm³/mol. The van der Waals surface area contributed by atoms with Crippen LogP contribution in [0.4, 0.5) is 14.5 Å². The van der Waals surface area contributed by atoms with E-state index in [1.54, 1.807) is 23.1 Å². The third-order valence-corrected chi connectivity index (χ3v) is 6.15. The van der Waals surface area contributed by atoms with Crippen LogP contribution in [-0.2, 0) is 13.6 Å². The Morgan fingerprint density at radius 2 is 2.09 bits per heavy atom. The Balaban J connectivity index is 1.76. The van der Waals surface area contributed by atoms with Crippen molar-refractivity contribution in [3.63, 3.8) is 0 Å². The van der Waals surface area contributed by atoms with Gasteiger partial charge in [-0.2, -0.15) is 5.10 Å². The molecule has 4 rings (SSSR count). The van der Waals surface area contributed by atoms with Crippen LogP contribution in [-0.4, -0.2) is 32.0 Å². The maximum Gasteiger partial charge on any atom is 0.248 e. The first-order valence-corrected chi connectivity index (χ1v) is 10.7. The molecule has 0 unspecified atom stereocenters. The summed E-state index contributed by atoms with van der Waals surface area (Å²) in [7, 11) is 1.85. The zero-order valence-corrected chi connectivity index (χ0v) is 18.3. The summed E-state index contributed by atoms with van der Waals surface area (Å²) in [6.45, 7) is 6.38. The Labute approximate surface area is 185 Å².